The number of anilines is 2. The molecular weight excluding hydrogens is 410 g/mol. The van der Waals surface area contributed by atoms with E-state index in [0.717, 1.165) is 5.56 Å². The van der Waals surface area contributed by atoms with E-state index in [4.69, 9.17) is 9.47 Å². The molecule has 9 nitrogen and oxygen atoms in total. The number of benzene rings is 2. The average Bonchev–Trinajstić information content (AvgIpc) is 3.24. The minimum Gasteiger partial charge on any atom is -0.504 e. The Kier molecular flexibility index (Phi) is 5.98. The molecule has 4 rings (SSSR count). The number of phenolic OH excluding ortho intramolecular Hbond substituents is 1. The summed E-state index contributed by atoms with van der Waals surface area (Å²) in [6, 6.07) is 11.7. The zero-order valence-corrected chi connectivity index (χ0v) is 18.1. The van der Waals surface area contributed by atoms with Crippen LogP contribution in [0.1, 0.15) is 32.4 Å². The molecule has 0 spiro atoms. The first-order valence-electron chi connectivity index (χ1n) is 10.4. The van der Waals surface area contributed by atoms with Crippen LogP contribution in [0.25, 0.3) is 0 Å². The lowest BCUT2D eigenvalue weighted by Gasteiger charge is -2.29. The van der Waals surface area contributed by atoms with E-state index in [1.54, 1.807) is 35.0 Å². The molecule has 1 aliphatic heterocycles. The topological polar surface area (TPSA) is 111 Å². The summed E-state index contributed by atoms with van der Waals surface area (Å²) in [5, 5.41) is 20.6. The third-order valence-corrected chi connectivity index (χ3v) is 5.07. The molecule has 9 heteroatoms. The van der Waals surface area contributed by atoms with Crippen molar-refractivity contribution in [2.24, 2.45) is 0 Å². The van der Waals surface area contributed by atoms with Gasteiger partial charge in [-0.1, -0.05) is 18.2 Å². The van der Waals surface area contributed by atoms with Gasteiger partial charge >= 0.3 is 0 Å². The van der Waals surface area contributed by atoms with E-state index in [9.17, 15) is 9.90 Å². The fraction of sp³-hybridized carbons (Fsp3) is 0.261. The summed E-state index contributed by atoms with van der Waals surface area (Å²) in [6.45, 7) is 6.42. The number of nitrogens with zero attached hydrogens (tertiary/aromatic N) is 3. The van der Waals surface area contributed by atoms with Crippen LogP contribution in [-0.4, -0.2) is 39.0 Å². The highest BCUT2D eigenvalue weighted by Crippen LogP contribution is 2.39. The average molecular weight is 435 g/mol. The second kappa shape index (κ2) is 9.01. The number of hydrogen-bond acceptors (Lipinski definition) is 7. The number of ether oxygens (including phenoxy) is 2. The maximum Gasteiger partial charge on any atom is 0.255 e. The number of para-hydroxylation sites is 2. The number of fused-ring (bicyclic) bond motifs is 1. The minimum atomic E-state index is -0.576. The number of carbonyl (C=O) groups is 1. The molecule has 0 saturated heterocycles. The van der Waals surface area contributed by atoms with Gasteiger partial charge in [-0.2, -0.15) is 10.1 Å². The van der Waals surface area contributed by atoms with Gasteiger partial charge in [0, 0.05) is 5.70 Å². The number of allylic oxidation sites excluding steroid dienone is 1. The summed E-state index contributed by atoms with van der Waals surface area (Å²) >= 11 is 0. The van der Waals surface area contributed by atoms with Crippen molar-refractivity contribution in [2.45, 2.75) is 26.8 Å². The first kappa shape index (κ1) is 21.2. The van der Waals surface area contributed by atoms with Gasteiger partial charge in [0.1, 0.15) is 18.1 Å². The molecule has 0 radical (unpaired) electrons. The van der Waals surface area contributed by atoms with E-state index in [2.05, 4.69) is 20.7 Å². The molecule has 0 aliphatic carbocycles. The molecule has 1 amide bonds. The molecule has 3 aromatic rings. The van der Waals surface area contributed by atoms with Crippen LogP contribution >= 0.6 is 0 Å². The van der Waals surface area contributed by atoms with Crippen molar-refractivity contribution in [1.82, 2.24) is 14.8 Å². The number of rotatable bonds is 7. The first-order valence-corrected chi connectivity index (χ1v) is 10.4. The number of phenols is 1. The Bertz CT molecular complexity index is 1170. The monoisotopic (exact) mass is 435 g/mol. The molecule has 0 fully saturated rings. The Labute approximate surface area is 185 Å². The summed E-state index contributed by atoms with van der Waals surface area (Å²) in [5.41, 5.74) is 2.40. The zero-order chi connectivity index (χ0) is 22.7. The number of aromatic hydroxyl groups is 1. The quantitative estimate of drug-likeness (QED) is 0.519. The van der Waals surface area contributed by atoms with E-state index in [1.807, 2.05) is 32.9 Å². The summed E-state index contributed by atoms with van der Waals surface area (Å²) in [4.78, 5) is 17.8. The van der Waals surface area contributed by atoms with Crippen LogP contribution in [0.4, 0.5) is 11.6 Å². The van der Waals surface area contributed by atoms with E-state index in [0.29, 0.717) is 47.6 Å². The number of carbonyl (C=O) groups excluding carboxylic acids is 1. The predicted octanol–water partition coefficient (Wildman–Crippen LogP) is 3.71. The normalized spacial score (nSPS) is 15.0. The molecule has 166 valence electrons. The van der Waals surface area contributed by atoms with Gasteiger partial charge in [0.05, 0.1) is 24.5 Å². The summed E-state index contributed by atoms with van der Waals surface area (Å²) in [7, 11) is 0. The van der Waals surface area contributed by atoms with Gasteiger partial charge in [0.15, 0.2) is 11.5 Å². The lowest BCUT2D eigenvalue weighted by atomic mass is 9.94. The Morgan fingerprint density at radius 2 is 1.91 bits per heavy atom. The van der Waals surface area contributed by atoms with Crippen LogP contribution in [0, 0.1) is 0 Å². The second-order valence-corrected chi connectivity index (χ2v) is 7.14. The molecular formula is C23H25N5O4. The molecule has 1 aliphatic rings. The number of nitrogens with one attached hydrogen (secondary N) is 2. The lowest BCUT2D eigenvalue weighted by molar-refractivity contribution is -0.113. The number of amides is 1. The third-order valence-electron chi connectivity index (χ3n) is 5.07. The van der Waals surface area contributed by atoms with Crippen molar-refractivity contribution in [2.75, 3.05) is 23.8 Å². The maximum atomic E-state index is 13.5. The van der Waals surface area contributed by atoms with Gasteiger partial charge in [-0.25, -0.2) is 4.68 Å². The Morgan fingerprint density at radius 3 is 2.69 bits per heavy atom. The molecule has 0 bridgehead atoms. The van der Waals surface area contributed by atoms with Crippen LogP contribution in [0.15, 0.2) is 60.1 Å². The van der Waals surface area contributed by atoms with Gasteiger partial charge in [-0.05, 0) is 50.6 Å². The zero-order valence-electron chi connectivity index (χ0n) is 18.1. The molecule has 2 heterocycles. The predicted molar refractivity (Wildman–Crippen MR) is 120 cm³/mol. The van der Waals surface area contributed by atoms with E-state index < -0.39 is 6.04 Å². The van der Waals surface area contributed by atoms with Crippen LogP contribution in [0.5, 0.6) is 17.2 Å². The fourth-order valence-electron chi connectivity index (χ4n) is 3.71. The number of aromatic nitrogens is 3. The van der Waals surface area contributed by atoms with Gasteiger partial charge in [0.25, 0.3) is 5.91 Å². The standard InChI is InChI=1S/C23H25N5O4/c1-4-31-18-9-7-6-8-16(18)27-22(30)20-14(3)26-23-24-13-25-28(23)21(20)15-10-11-17(29)19(12-15)32-5-2/h6-13,21,29H,4-5H2,1-3H3,(H,27,30)(H,24,25,26)/t21-/m0/s1. The van der Waals surface area contributed by atoms with Gasteiger partial charge < -0.3 is 25.2 Å². The van der Waals surface area contributed by atoms with Crippen LogP contribution < -0.4 is 20.1 Å². The van der Waals surface area contributed by atoms with Crippen molar-refractivity contribution >= 4 is 17.5 Å². The molecule has 1 aromatic heterocycles. The maximum absolute atomic E-state index is 13.5. The summed E-state index contributed by atoms with van der Waals surface area (Å²) in [6.07, 6.45) is 1.43. The van der Waals surface area contributed by atoms with Crippen molar-refractivity contribution in [3.8, 4) is 17.2 Å². The molecule has 3 N–H and O–H groups in total. The van der Waals surface area contributed by atoms with E-state index in [-0.39, 0.29) is 11.7 Å². The highest BCUT2D eigenvalue weighted by molar-refractivity contribution is 6.06. The number of hydrogen-bond donors (Lipinski definition) is 3. The molecule has 1 atom stereocenters. The van der Waals surface area contributed by atoms with Crippen molar-refractivity contribution in [1.29, 1.82) is 0 Å². The van der Waals surface area contributed by atoms with Gasteiger partial charge in [0.2, 0.25) is 5.95 Å². The van der Waals surface area contributed by atoms with Crippen molar-refractivity contribution in [3.05, 3.63) is 65.6 Å². The van der Waals surface area contributed by atoms with Crippen LogP contribution in [0.3, 0.4) is 0 Å². The smallest absolute Gasteiger partial charge is 0.255 e. The molecule has 0 unspecified atom stereocenters. The Morgan fingerprint density at radius 1 is 1.16 bits per heavy atom. The van der Waals surface area contributed by atoms with Crippen molar-refractivity contribution in [3.63, 3.8) is 0 Å². The largest absolute Gasteiger partial charge is 0.504 e. The van der Waals surface area contributed by atoms with Crippen LogP contribution in [-0.2, 0) is 4.79 Å². The van der Waals surface area contributed by atoms with E-state index in [1.165, 1.54) is 6.33 Å². The lowest BCUT2D eigenvalue weighted by Crippen LogP contribution is -2.31. The second-order valence-electron chi connectivity index (χ2n) is 7.14. The Hall–Kier alpha value is -4.01. The minimum absolute atomic E-state index is 0.0284. The van der Waals surface area contributed by atoms with Crippen LogP contribution in [0.2, 0.25) is 0 Å². The third kappa shape index (κ3) is 3.96. The Balaban J connectivity index is 1.76. The van der Waals surface area contributed by atoms with E-state index >= 15 is 0 Å². The SMILES string of the molecule is CCOc1cc([C@H]2C(C(=O)Nc3ccccc3OCC)=C(C)Nc3ncnn32)ccc1O. The summed E-state index contributed by atoms with van der Waals surface area (Å²) < 4.78 is 12.8. The fourth-order valence-corrected chi connectivity index (χ4v) is 3.71. The van der Waals surface area contributed by atoms with Gasteiger partial charge in [-0.15, -0.1) is 0 Å². The molecule has 0 saturated carbocycles. The highest BCUT2D eigenvalue weighted by atomic mass is 16.5. The van der Waals surface area contributed by atoms with Gasteiger partial charge in [-0.3, -0.25) is 4.79 Å². The molecule has 2 aromatic carbocycles. The van der Waals surface area contributed by atoms with Crippen molar-refractivity contribution < 1.29 is 19.4 Å². The highest BCUT2D eigenvalue weighted by Gasteiger charge is 2.34. The molecule has 32 heavy (non-hydrogen) atoms. The summed E-state index contributed by atoms with van der Waals surface area (Å²) in [5.74, 6) is 1.17. The first-order chi connectivity index (χ1) is 15.5.